The number of aromatic nitrogens is 1. The summed E-state index contributed by atoms with van der Waals surface area (Å²) in [4.78, 5) is 28.2. The molecule has 1 aliphatic rings. The summed E-state index contributed by atoms with van der Waals surface area (Å²) in [6, 6.07) is 7.52. The Morgan fingerprint density at radius 1 is 1.32 bits per heavy atom. The fourth-order valence-electron chi connectivity index (χ4n) is 3.09. The van der Waals surface area contributed by atoms with Crippen molar-refractivity contribution in [2.24, 2.45) is 5.73 Å². The molecule has 1 aliphatic carbocycles. The van der Waals surface area contributed by atoms with Crippen LogP contribution in [0.1, 0.15) is 41.6 Å². The maximum Gasteiger partial charge on any atom is 0.253 e. The van der Waals surface area contributed by atoms with E-state index in [2.05, 4.69) is 10.3 Å². The van der Waals surface area contributed by atoms with E-state index in [0.717, 1.165) is 30.2 Å². The predicted molar refractivity (Wildman–Crippen MR) is 84.3 cm³/mol. The number of carbonyl (C=O) groups excluding carboxylic acids is 2. The van der Waals surface area contributed by atoms with Gasteiger partial charge in [-0.2, -0.15) is 0 Å². The summed E-state index contributed by atoms with van der Waals surface area (Å²) >= 11 is 0. The zero-order valence-electron chi connectivity index (χ0n) is 12.6. The van der Waals surface area contributed by atoms with E-state index < -0.39 is 5.54 Å². The summed E-state index contributed by atoms with van der Waals surface area (Å²) in [5.41, 5.74) is 7.14. The van der Waals surface area contributed by atoms with Crippen molar-refractivity contribution in [1.29, 1.82) is 0 Å². The number of nitrogens with zero attached hydrogens (tertiary/aromatic N) is 1. The van der Waals surface area contributed by atoms with Gasteiger partial charge >= 0.3 is 0 Å². The van der Waals surface area contributed by atoms with Gasteiger partial charge < -0.3 is 11.1 Å². The van der Waals surface area contributed by atoms with Crippen LogP contribution in [0.4, 0.5) is 0 Å². The van der Waals surface area contributed by atoms with Crippen LogP contribution in [0.3, 0.4) is 0 Å². The molecule has 2 amide bonds. The number of amides is 2. The Bertz CT molecular complexity index is 751. The lowest BCUT2D eigenvalue weighted by molar-refractivity contribution is -0.120. The number of fused-ring (bicyclic) bond motifs is 1. The Labute approximate surface area is 128 Å². The van der Waals surface area contributed by atoms with Gasteiger partial charge in [-0.05, 0) is 43.9 Å². The van der Waals surface area contributed by atoms with Crippen molar-refractivity contribution in [3.8, 4) is 0 Å². The molecule has 3 N–H and O–H groups in total. The first kappa shape index (κ1) is 14.5. The molecule has 0 atom stereocenters. The van der Waals surface area contributed by atoms with Crippen LogP contribution in [0, 0.1) is 6.92 Å². The summed E-state index contributed by atoms with van der Waals surface area (Å²) < 4.78 is 0. The van der Waals surface area contributed by atoms with Crippen LogP contribution in [0.5, 0.6) is 0 Å². The van der Waals surface area contributed by atoms with E-state index in [-0.39, 0.29) is 18.2 Å². The highest BCUT2D eigenvalue weighted by atomic mass is 16.2. The van der Waals surface area contributed by atoms with Crippen molar-refractivity contribution in [3.05, 3.63) is 41.6 Å². The lowest BCUT2D eigenvalue weighted by Crippen LogP contribution is -2.55. The van der Waals surface area contributed by atoms with E-state index in [1.807, 2.05) is 25.1 Å². The lowest BCUT2D eigenvalue weighted by atomic mass is 9.74. The molecule has 1 heterocycles. The molecule has 1 aromatic carbocycles. The number of hydrogen-bond donors (Lipinski definition) is 2. The lowest BCUT2D eigenvalue weighted by Gasteiger charge is -2.41. The molecular weight excluding hydrogens is 278 g/mol. The van der Waals surface area contributed by atoms with E-state index in [4.69, 9.17) is 5.73 Å². The molecule has 1 saturated carbocycles. The Balaban J connectivity index is 1.93. The van der Waals surface area contributed by atoms with Gasteiger partial charge in [-0.1, -0.05) is 12.1 Å². The molecule has 0 spiro atoms. The first-order valence-corrected chi connectivity index (χ1v) is 7.46. The number of nitrogens with one attached hydrogen (secondary N) is 1. The van der Waals surface area contributed by atoms with Crippen LogP contribution in [-0.4, -0.2) is 22.3 Å². The van der Waals surface area contributed by atoms with Gasteiger partial charge in [-0.25, -0.2) is 0 Å². The minimum absolute atomic E-state index is 0.190. The van der Waals surface area contributed by atoms with Crippen molar-refractivity contribution in [1.82, 2.24) is 10.3 Å². The van der Waals surface area contributed by atoms with E-state index in [1.165, 1.54) is 0 Å². The van der Waals surface area contributed by atoms with Gasteiger partial charge in [0.1, 0.15) is 0 Å². The van der Waals surface area contributed by atoms with Gasteiger partial charge in [0.05, 0.1) is 11.1 Å². The van der Waals surface area contributed by atoms with Gasteiger partial charge in [0, 0.05) is 23.5 Å². The Kier molecular flexibility index (Phi) is 3.56. The van der Waals surface area contributed by atoms with E-state index in [9.17, 15) is 9.59 Å². The van der Waals surface area contributed by atoms with E-state index in [1.54, 1.807) is 12.3 Å². The Morgan fingerprint density at radius 2 is 2.09 bits per heavy atom. The largest absolute Gasteiger partial charge is 0.370 e. The highest BCUT2D eigenvalue weighted by molar-refractivity contribution is 6.06. The standard InChI is InChI=1S/C17H19N3O2/c1-11-5-6-13(15-12(11)4-2-9-19-15)16(22)20-17(7-3-8-17)10-14(18)21/h2,4-6,9H,3,7-8,10H2,1H3,(H2,18,21)(H,20,22). The van der Waals surface area contributed by atoms with E-state index in [0.29, 0.717) is 11.1 Å². The molecule has 5 heteroatoms. The number of pyridine rings is 1. The summed E-state index contributed by atoms with van der Waals surface area (Å²) in [5.74, 6) is -0.573. The summed E-state index contributed by atoms with van der Waals surface area (Å²) in [7, 11) is 0. The maximum absolute atomic E-state index is 12.7. The highest BCUT2D eigenvalue weighted by Gasteiger charge is 2.40. The molecule has 0 unspecified atom stereocenters. The molecule has 1 aromatic heterocycles. The van der Waals surface area contributed by atoms with Gasteiger partial charge in [-0.15, -0.1) is 0 Å². The zero-order chi connectivity index (χ0) is 15.7. The second-order valence-corrected chi connectivity index (χ2v) is 6.06. The molecule has 3 rings (SSSR count). The summed E-state index contributed by atoms with van der Waals surface area (Å²) in [6.07, 6.45) is 4.45. The van der Waals surface area contributed by atoms with Crippen LogP contribution in [0.2, 0.25) is 0 Å². The number of nitrogens with two attached hydrogens (primary N) is 1. The fraction of sp³-hybridized carbons (Fsp3) is 0.353. The van der Waals surface area contributed by atoms with Crippen molar-refractivity contribution in [2.45, 2.75) is 38.1 Å². The third kappa shape index (κ3) is 2.54. The molecule has 0 aliphatic heterocycles. The normalized spacial score (nSPS) is 16.0. The predicted octanol–water partition coefficient (Wildman–Crippen LogP) is 2.07. The molecule has 0 saturated heterocycles. The van der Waals surface area contributed by atoms with Crippen LogP contribution in [0.15, 0.2) is 30.5 Å². The third-order valence-corrected chi connectivity index (χ3v) is 4.43. The Hall–Kier alpha value is -2.43. The van der Waals surface area contributed by atoms with E-state index >= 15 is 0 Å². The van der Waals surface area contributed by atoms with Gasteiger partial charge in [0.25, 0.3) is 5.91 Å². The topological polar surface area (TPSA) is 85.1 Å². The van der Waals surface area contributed by atoms with Crippen LogP contribution in [-0.2, 0) is 4.79 Å². The fourth-order valence-corrected chi connectivity index (χ4v) is 3.09. The van der Waals surface area contributed by atoms with Gasteiger partial charge in [0.15, 0.2) is 0 Å². The maximum atomic E-state index is 12.7. The molecule has 114 valence electrons. The van der Waals surface area contributed by atoms with Crippen molar-refractivity contribution in [3.63, 3.8) is 0 Å². The van der Waals surface area contributed by atoms with Gasteiger partial charge in [0.2, 0.25) is 5.91 Å². The third-order valence-electron chi connectivity index (χ3n) is 4.43. The number of primary amides is 1. The molecular formula is C17H19N3O2. The number of carbonyl (C=O) groups is 2. The number of hydrogen-bond acceptors (Lipinski definition) is 3. The van der Waals surface area contributed by atoms with Crippen molar-refractivity contribution >= 4 is 22.7 Å². The van der Waals surface area contributed by atoms with Crippen molar-refractivity contribution in [2.75, 3.05) is 0 Å². The number of aryl methyl sites for hydroxylation is 1. The molecule has 5 nitrogen and oxygen atoms in total. The second kappa shape index (κ2) is 5.40. The highest BCUT2D eigenvalue weighted by Crippen LogP contribution is 2.35. The molecule has 2 aromatic rings. The smallest absolute Gasteiger partial charge is 0.253 e. The molecule has 0 bridgehead atoms. The Morgan fingerprint density at radius 3 is 2.73 bits per heavy atom. The summed E-state index contributed by atoms with van der Waals surface area (Å²) in [5, 5.41) is 3.97. The first-order chi connectivity index (χ1) is 10.5. The average Bonchev–Trinajstić information content (AvgIpc) is 2.45. The first-order valence-electron chi connectivity index (χ1n) is 7.46. The van der Waals surface area contributed by atoms with Crippen LogP contribution >= 0.6 is 0 Å². The minimum atomic E-state index is -0.477. The monoisotopic (exact) mass is 297 g/mol. The average molecular weight is 297 g/mol. The zero-order valence-corrected chi connectivity index (χ0v) is 12.6. The van der Waals surface area contributed by atoms with Crippen LogP contribution in [0.25, 0.3) is 10.9 Å². The molecule has 0 radical (unpaired) electrons. The van der Waals surface area contributed by atoms with Crippen LogP contribution < -0.4 is 11.1 Å². The molecule has 1 fully saturated rings. The number of rotatable bonds is 4. The van der Waals surface area contributed by atoms with Gasteiger partial charge in [-0.3, -0.25) is 14.6 Å². The SMILES string of the molecule is Cc1ccc(C(=O)NC2(CC(N)=O)CCC2)c2ncccc12. The quantitative estimate of drug-likeness (QED) is 0.906. The summed E-state index contributed by atoms with van der Waals surface area (Å²) in [6.45, 7) is 1.99. The number of benzene rings is 1. The minimum Gasteiger partial charge on any atom is -0.370 e. The second-order valence-electron chi connectivity index (χ2n) is 6.06. The molecule has 22 heavy (non-hydrogen) atoms. The van der Waals surface area contributed by atoms with Crippen molar-refractivity contribution < 1.29 is 9.59 Å².